The molecule has 2 rings (SSSR count). The molecule has 1 heterocycles. The molecule has 1 aliphatic heterocycles. The fourth-order valence-electron chi connectivity index (χ4n) is 1.60. The Morgan fingerprint density at radius 1 is 1.43 bits per heavy atom. The average molecular weight is 189 g/mol. The summed E-state index contributed by atoms with van der Waals surface area (Å²) in [7, 11) is 0. The Balaban J connectivity index is 2.56. The van der Waals surface area contributed by atoms with Crippen LogP contribution in [-0.4, -0.2) is 10.9 Å². The molecular formula is C11H11NO2. The fraction of sp³-hybridized carbons (Fsp3) is 0.182. The van der Waals surface area contributed by atoms with E-state index >= 15 is 0 Å². The number of carbonyl (C=O) groups is 1. The second kappa shape index (κ2) is 3.18. The van der Waals surface area contributed by atoms with E-state index < -0.39 is 0 Å². The van der Waals surface area contributed by atoms with E-state index in [9.17, 15) is 9.90 Å². The molecule has 0 saturated carbocycles. The molecule has 14 heavy (non-hydrogen) atoms. The summed E-state index contributed by atoms with van der Waals surface area (Å²) >= 11 is 0. The number of ketones is 1. The zero-order valence-electron chi connectivity index (χ0n) is 7.87. The highest BCUT2D eigenvalue weighted by Gasteiger charge is 2.19. The smallest absolute Gasteiger partial charge is 0.179 e. The highest BCUT2D eigenvalue weighted by atomic mass is 16.3. The highest BCUT2D eigenvalue weighted by molar-refractivity contribution is 5.99. The molecule has 0 fully saturated rings. The van der Waals surface area contributed by atoms with Crippen LogP contribution in [0.3, 0.4) is 0 Å². The van der Waals surface area contributed by atoms with Gasteiger partial charge in [0.2, 0.25) is 0 Å². The minimum absolute atomic E-state index is 0.0550. The van der Waals surface area contributed by atoms with Gasteiger partial charge in [-0.1, -0.05) is 24.3 Å². The molecule has 3 heteroatoms. The summed E-state index contributed by atoms with van der Waals surface area (Å²) in [5.41, 5.74) is 2.06. The molecule has 0 bridgehead atoms. The molecule has 1 aliphatic rings. The number of rotatable bonds is 1. The molecule has 0 aromatic heterocycles. The van der Waals surface area contributed by atoms with E-state index in [4.69, 9.17) is 0 Å². The van der Waals surface area contributed by atoms with E-state index in [2.05, 4.69) is 5.32 Å². The van der Waals surface area contributed by atoms with Crippen molar-refractivity contribution in [2.24, 2.45) is 0 Å². The van der Waals surface area contributed by atoms with Crippen molar-refractivity contribution in [2.75, 3.05) is 0 Å². The quantitative estimate of drug-likeness (QED) is 0.705. The third-order valence-electron chi connectivity index (χ3n) is 2.32. The molecule has 0 atom stereocenters. The molecule has 1 aromatic carbocycles. The van der Waals surface area contributed by atoms with Crippen LogP contribution >= 0.6 is 0 Å². The number of benzene rings is 1. The summed E-state index contributed by atoms with van der Waals surface area (Å²) in [4.78, 5) is 11.1. The number of allylic oxidation sites excluding steroid dienone is 1. The van der Waals surface area contributed by atoms with Crippen LogP contribution in [0.5, 0.6) is 0 Å². The number of carbonyl (C=O) groups excluding carboxylic acids is 1. The van der Waals surface area contributed by atoms with Gasteiger partial charge in [-0.25, -0.2) is 0 Å². The Hall–Kier alpha value is -1.77. The van der Waals surface area contributed by atoms with E-state index in [-0.39, 0.29) is 11.5 Å². The van der Waals surface area contributed by atoms with Crippen LogP contribution in [0.2, 0.25) is 0 Å². The van der Waals surface area contributed by atoms with Gasteiger partial charge in [-0.2, -0.15) is 0 Å². The van der Waals surface area contributed by atoms with Gasteiger partial charge in [0.15, 0.2) is 5.78 Å². The summed E-state index contributed by atoms with van der Waals surface area (Å²) < 4.78 is 0. The van der Waals surface area contributed by atoms with Crippen molar-refractivity contribution in [1.29, 1.82) is 0 Å². The number of hydrogen-bond acceptors (Lipinski definition) is 3. The molecule has 0 spiro atoms. The summed E-state index contributed by atoms with van der Waals surface area (Å²) in [6, 6.07) is 7.49. The van der Waals surface area contributed by atoms with Crippen molar-refractivity contribution >= 4 is 11.5 Å². The van der Waals surface area contributed by atoms with Gasteiger partial charge < -0.3 is 10.4 Å². The maximum atomic E-state index is 11.1. The summed E-state index contributed by atoms with van der Waals surface area (Å²) in [6.45, 7) is 2.03. The number of hydrogen-bond donors (Lipinski definition) is 2. The Morgan fingerprint density at radius 2 is 2.14 bits per heavy atom. The van der Waals surface area contributed by atoms with Crippen LogP contribution in [0, 0.1) is 0 Å². The average Bonchev–Trinajstić information content (AvgIpc) is 2.18. The topological polar surface area (TPSA) is 49.3 Å². The largest absolute Gasteiger partial charge is 0.505 e. The minimum atomic E-state index is -0.142. The maximum absolute atomic E-state index is 11.1. The molecule has 0 amide bonds. The van der Waals surface area contributed by atoms with Crippen LogP contribution in [0.1, 0.15) is 18.1 Å². The van der Waals surface area contributed by atoms with Gasteiger partial charge in [-0.15, -0.1) is 0 Å². The lowest BCUT2D eigenvalue weighted by molar-refractivity contribution is -0.114. The third-order valence-corrected chi connectivity index (χ3v) is 2.32. The summed E-state index contributed by atoms with van der Waals surface area (Å²) in [6.07, 6.45) is 0. The Kier molecular flexibility index (Phi) is 2.00. The molecule has 0 radical (unpaired) electrons. The molecule has 0 saturated heterocycles. The normalized spacial score (nSPS) is 14.6. The van der Waals surface area contributed by atoms with Gasteiger partial charge >= 0.3 is 0 Å². The molecule has 72 valence electrons. The monoisotopic (exact) mass is 189 g/mol. The fourth-order valence-corrected chi connectivity index (χ4v) is 1.60. The van der Waals surface area contributed by atoms with Crippen molar-refractivity contribution < 1.29 is 9.90 Å². The zero-order valence-corrected chi connectivity index (χ0v) is 7.87. The first-order valence-electron chi connectivity index (χ1n) is 4.46. The van der Waals surface area contributed by atoms with Crippen LogP contribution < -0.4 is 5.32 Å². The van der Waals surface area contributed by atoms with Crippen molar-refractivity contribution in [3.8, 4) is 0 Å². The first kappa shape index (κ1) is 8.81. The van der Waals surface area contributed by atoms with Crippen molar-refractivity contribution in [1.82, 2.24) is 5.32 Å². The Labute approximate surface area is 82.1 Å². The van der Waals surface area contributed by atoms with E-state index in [0.29, 0.717) is 12.2 Å². The van der Waals surface area contributed by atoms with E-state index in [1.807, 2.05) is 24.3 Å². The Bertz CT molecular complexity index is 421. The number of nitrogens with one attached hydrogen (secondary N) is 1. The van der Waals surface area contributed by atoms with E-state index in [0.717, 1.165) is 11.1 Å². The van der Waals surface area contributed by atoms with Crippen LogP contribution in [0.15, 0.2) is 30.0 Å². The minimum Gasteiger partial charge on any atom is -0.505 e. The maximum Gasteiger partial charge on any atom is 0.179 e. The number of fused-ring (bicyclic) bond motifs is 1. The zero-order chi connectivity index (χ0) is 10.1. The van der Waals surface area contributed by atoms with E-state index in [1.54, 1.807) is 0 Å². The molecule has 0 aliphatic carbocycles. The van der Waals surface area contributed by atoms with Crippen LogP contribution in [0.4, 0.5) is 0 Å². The number of aliphatic hydroxyl groups excluding tert-OH is 1. The van der Waals surface area contributed by atoms with Crippen LogP contribution in [-0.2, 0) is 11.3 Å². The Morgan fingerprint density at radius 3 is 2.86 bits per heavy atom. The number of aliphatic hydroxyl groups is 1. The predicted octanol–water partition coefficient (Wildman–Crippen LogP) is 1.61. The van der Waals surface area contributed by atoms with Crippen LogP contribution in [0.25, 0.3) is 5.76 Å². The van der Waals surface area contributed by atoms with Crippen molar-refractivity contribution in [3.05, 3.63) is 41.1 Å². The molecule has 3 nitrogen and oxygen atoms in total. The lowest BCUT2D eigenvalue weighted by Gasteiger charge is -2.19. The standard InChI is InChI=1S/C11H11NO2/c1-7(13)10-11(14)9-5-3-2-4-8(9)6-12-10/h2-5,12,14H,6H2,1H3. The first-order valence-corrected chi connectivity index (χ1v) is 4.46. The number of Topliss-reactive ketones (excluding diaryl/α,β-unsaturated/α-hetero) is 1. The second-order valence-electron chi connectivity index (χ2n) is 3.29. The lowest BCUT2D eigenvalue weighted by Crippen LogP contribution is -2.25. The van der Waals surface area contributed by atoms with Gasteiger partial charge in [0, 0.05) is 19.0 Å². The molecular weight excluding hydrogens is 178 g/mol. The van der Waals surface area contributed by atoms with Gasteiger partial charge in [-0.05, 0) is 5.56 Å². The van der Waals surface area contributed by atoms with Crippen molar-refractivity contribution in [2.45, 2.75) is 13.5 Å². The third kappa shape index (κ3) is 1.27. The SMILES string of the molecule is CC(=O)C1=C(O)c2ccccc2CN1. The van der Waals surface area contributed by atoms with Gasteiger partial charge in [0.1, 0.15) is 11.5 Å². The van der Waals surface area contributed by atoms with Gasteiger partial charge in [0.05, 0.1) is 0 Å². The highest BCUT2D eigenvalue weighted by Crippen LogP contribution is 2.23. The van der Waals surface area contributed by atoms with Gasteiger partial charge in [-0.3, -0.25) is 4.79 Å². The van der Waals surface area contributed by atoms with Gasteiger partial charge in [0.25, 0.3) is 0 Å². The molecule has 0 unspecified atom stereocenters. The summed E-state index contributed by atoms with van der Waals surface area (Å²) in [5, 5.41) is 12.7. The first-order chi connectivity index (χ1) is 6.70. The summed E-state index contributed by atoms with van der Waals surface area (Å²) in [5.74, 6) is -0.0867. The second-order valence-corrected chi connectivity index (χ2v) is 3.29. The predicted molar refractivity (Wildman–Crippen MR) is 53.5 cm³/mol. The van der Waals surface area contributed by atoms with Crippen molar-refractivity contribution in [3.63, 3.8) is 0 Å². The van der Waals surface area contributed by atoms with E-state index in [1.165, 1.54) is 6.92 Å². The molecule has 1 aromatic rings. The molecule has 2 N–H and O–H groups in total. The lowest BCUT2D eigenvalue weighted by atomic mass is 10.00.